The van der Waals surface area contributed by atoms with Gasteiger partial charge in [-0.05, 0) is 0 Å². The molecule has 0 saturated heterocycles. The summed E-state index contributed by atoms with van der Waals surface area (Å²) in [4.78, 5) is 0. The lowest BCUT2D eigenvalue weighted by Crippen LogP contribution is -2.14. The van der Waals surface area contributed by atoms with Crippen LogP contribution in [0.25, 0.3) is 0 Å². The van der Waals surface area contributed by atoms with E-state index in [1.807, 2.05) is 6.08 Å². The average Bonchev–Trinajstić information content (AvgIpc) is 1.35. The van der Waals surface area contributed by atoms with Gasteiger partial charge in [-0.15, -0.1) is 19.0 Å². The number of hydrogen-bond acceptors (Lipinski definition) is 1. The summed E-state index contributed by atoms with van der Waals surface area (Å²) in [6.45, 7) is 4.70. The zero-order valence-corrected chi connectivity index (χ0v) is 9.66. The van der Waals surface area contributed by atoms with Gasteiger partial charge in [0.25, 0.3) is 0 Å². The summed E-state index contributed by atoms with van der Waals surface area (Å²) >= 11 is 0. The maximum atomic E-state index is 3.60. The highest BCUT2D eigenvalue weighted by Gasteiger charge is 1.75. The molecule has 0 fully saturated rings. The van der Waals surface area contributed by atoms with E-state index in [2.05, 4.69) is 10.8 Å². The lowest BCUT2D eigenvalue weighted by molar-refractivity contribution is 0.796. The third kappa shape index (κ3) is 10.7. The topological polar surface area (TPSA) is 3.24 Å². The quantitative estimate of drug-likeness (QED) is 0.344. The van der Waals surface area contributed by atoms with E-state index in [-0.39, 0.29) is 12.4 Å². The summed E-state index contributed by atoms with van der Waals surface area (Å²) in [7, 11) is 2.40. The highest BCUT2D eigenvalue weighted by Crippen LogP contribution is 1.66. The Morgan fingerprint density at radius 1 is 1.57 bits per heavy atom. The summed E-state index contributed by atoms with van der Waals surface area (Å²) in [5.41, 5.74) is 0. The first-order valence-electron chi connectivity index (χ1n) is 2.03. The molecular weight excluding hydrogens is 142 g/mol. The Kier molecular flexibility index (Phi) is 9.56. The lowest BCUT2D eigenvalue weighted by Gasteiger charge is -2.02. The second-order valence-electron chi connectivity index (χ2n) is 1.55. The minimum absolute atomic E-state index is 0. The van der Waals surface area contributed by atoms with E-state index < -0.39 is 0 Å². The molecule has 1 nitrogen and oxygen atoms in total. The zero-order chi connectivity index (χ0) is 4.99. The fraction of sp³-hybridized carbons (Fsp3) is 0.333. The molecule has 0 aliphatic carbocycles. The molecule has 0 unspecified atom stereocenters. The molecule has 0 spiro atoms. The molecule has 0 atom stereocenters. The van der Waals surface area contributed by atoms with Gasteiger partial charge in [0, 0.05) is 6.54 Å². The Hall–Kier alpha value is 0.424. The number of hydrogen-bond donors (Lipinski definition) is 0. The van der Waals surface area contributed by atoms with Crippen molar-refractivity contribution in [3.05, 3.63) is 12.7 Å². The van der Waals surface area contributed by atoms with Gasteiger partial charge in [-0.25, -0.2) is 0 Å². The van der Waals surface area contributed by atoms with E-state index in [0.717, 1.165) is 6.54 Å². The molecule has 44 valence electrons. The molecule has 0 N–H and O–H groups in total. The largest absolute Gasteiger partial charge is 0.357 e. The Morgan fingerprint density at radius 3 is 2.00 bits per heavy atom. The Labute approximate surface area is 57.2 Å². The van der Waals surface area contributed by atoms with Crippen molar-refractivity contribution in [2.75, 3.05) is 6.54 Å². The summed E-state index contributed by atoms with van der Waals surface area (Å²) < 4.78 is 2.34. The molecule has 0 heterocycles. The first-order valence-corrected chi connectivity index (χ1v) is 3.82. The minimum atomic E-state index is 0. The van der Waals surface area contributed by atoms with Gasteiger partial charge in [-0.3, -0.25) is 0 Å². The summed E-state index contributed by atoms with van der Waals surface area (Å²) in [6.07, 6.45) is 1.94. The zero-order valence-electron chi connectivity index (χ0n) is 4.85. The van der Waals surface area contributed by atoms with Crippen molar-refractivity contribution in [2.24, 2.45) is 0 Å². The summed E-state index contributed by atoms with van der Waals surface area (Å²) in [6, 6.07) is 0. The SMILES string of the molecule is C=CCN([SiH3])[SiH3].Cl. The van der Waals surface area contributed by atoms with Crippen molar-refractivity contribution >= 4 is 33.2 Å². The van der Waals surface area contributed by atoms with Crippen LogP contribution >= 0.6 is 12.4 Å². The third-order valence-electron chi connectivity index (χ3n) is 0.494. The van der Waals surface area contributed by atoms with Gasteiger partial charge in [0.05, 0.1) is 20.8 Å². The molecule has 0 aromatic carbocycles. The molecule has 0 bridgehead atoms. The molecular formula is C3H12ClNSi2. The van der Waals surface area contributed by atoms with Gasteiger partial charge in [0.15, 0.2) is 0 Å². The smallest absolute Gasteiger partial charge is 0.0701 e. The standard InChI is InChI=1S/C3H11NSi2.ClH/c1-2-3-4(5)6;/h2H,1,3H2,5-6H3;1H. The second kappa shape index (κ2) is 6.42. The van der Waals surface area contributed by atoms with Crippen LogP contribution < -0.4 is 0 Å². The Bertz CT molecular complexity index is 48.2. The van der Waals surface area contributed by atoms with Gasteiger partial charge in [0.1, 0.15) is 0 Å². The van der Waals surface area contributed by atoms with Crippen LogP contribution in [0.5, 0.6) is 0 Å². The van der Waals surface area contributed by atoms with Crippen molar-refractivity contribution in [3.8, 4) is 0 Å². The number of halogens is 1. The molecule has 0 aliphatic rings. The van der Waals surface area contributed by atoms with Gasteiger partial charge >= 0.3 is 0 Å². The van der Waals surface area contributed by atoms with Gasteiger partial charge in [0.2, 0.25) is 0 Å². The molecule has 0 radical (unpaired) electrons. The fourth-order valence-electron chi connectivity index (χ4n) is 0.258. The van der Waals surface area contributed by atoms with Crippen LogP contribution in [0, 0.1) is 0 Å². The molecule has 0 aliphatic heterocycles. The monoisotopic (exact) mass is 153 g/mol. The van der Waals surface area contributed by atoms with E-state index in [1.54, 1.807) is 0 Å². The van der Waals surface area contributed by atoms with Crippen LogP contribution in [-0.4, -0.2) is 31.6 Å². The second-order valence-corrected chi connectivity index (χ2v) is 6.39. The van der Waals surface area contributed by atoms with Crippen LogP contribution in [-0.2, 0) is 0 Å². The Balaban J connectivity index is 0. The fourth-order valence-corrected chi connectivity index (χ4v) is 0.775. The van der Waals surface area contributed by atoms with Gasteiger partial charge in [-0.1, -0.05) is 6.08 Å². The molecule has 0 aromatic heterocycles. The molecule has 7 heavy (non-hydrogen) atoms. The maximum Gasteiger partial charge on any atom is 0.0701 e. The van der Waals surface area contributed by atoms with Crippen LogP contribution in [0.2, 0.25) is 0 Å². The van der Waals surface area contributed by atoms with Crippen molar-refractivity contribution < 1.29 is 0 Å². The maximum absolute atomic E-state index is 3.60. The Morgan fingerprint density at radius 2 is 2.00 bits per heavy atom. The molecule has 0 amide bonds. The van der Waals surface area contributed by atoms with E-state index >= 15 is 0 Å². The first kappa shape index (κ1) is 10.4. The lowest BCUT2D eigenvalue weighted by atomic mass is 10.7. The number of rotatable bonds is 2. The predicted octanol–water partition coefficient (Wildman–Crippen LogP) is -1.54. The molecule has 4 heteroatoms. The normalized spacial score (nSPS) is 8.71. The highest BCUT2D eigenvalue weighted by atomic mass is 35.5. The van der Waals surface area contributed by atoms with Crippen LogP contribution in [0.1, 0.15) is 0 Å². The van der Waals surface area contributed by atoms with Crippen molar-refractivity contribution in [1.29, 1.82) is 0 Å². The van der Waals surface area contributed by atoms with Crippen molar-refractivity contribution in [1.82, 2.24) is 4.23 Å². The van der Waals surface area contributed by atoms with E-state index in [4.69, 9.17) is 0 Å². The van der Waals surface area contributed by atoms with Gasteiger partial charge < -0.3 is 4.23 Å². The van der Waals surface area contributed by atoms with E-state index in [0.29, 0.717) is 0 Å². The molecule has 0 rings (SSSR count). The van der Waals surface area contributed by atoms with Crippen LogP contribution in [0.3, 0.4) is 0 Å². The average molecular weight is 154 g/mol. The predicted molar refractivity (Wildman–Crippen MR) is 44.0 cm³/mol. The van der Waals surface area contributed by atoms with Crippen LogP contribution in [0.15, 0.2) is 12.7 Å². The van der Waals surface area contributed by atoms with Crippen LogP contribution in [0.4, 0.5) is 0 Å². The first-order chi connectivity index (χ1) is 2.77. The summed E-state index contributed by atoms with van der Waals surface area (Å²) in [5, 5.41) is 0. The number of nitrogens with zero attached hydrogens (tertiary/aromatic N) is 1. The summed E-state index contributed by atoms with van der Waals surface area (Å²) in [5.74, 6) is 0. The molecule has 0 aromatic rings. The minimum Gasteiger partial charge on any atom is -0.357 e. The van der Waals surface area contributed by atoms with E-state index in [1.165, 1.54) is 20.8 Å². The highest BCUT2D eigenvalue weighted by molar-refractivity contribution is 6.25. The van der Waals surface area contributed by atoms with Crippen molar-refractivity contribution in [2.45, 2.75) is 0 Å². The van der Waals surface area contributed by atoms with Crippen molar-refractivity contribution in [3.63, 3.8) is 0 Å². The van der Waals surface area contributed by atoms with E-state index in [9.17, 15) is 0 Å². The van der Waals surface area contributed by atoms with Gasteiger partial charge in [-0.2, -0.15) is 0 Å². The molecule has 0 saturated carbocycles. The third-order valence-corrected chi connectivity index (χ3v) is 1.22.